The molecule has 1 amide bonds. The minimum atomic E-state index is -0.138. The predicted molar refractivity (Wildman–Crippen MR) is 62.1 cm³/mol. The van der Waals surface area contributed by atoms with Crippen LogP contribution in [0.15, 0.2) is 23.1 Å². The van der Waals surface area contributed by atoms with Gasteiger partial charge in [-0.3, -0.25) is 4.79 Å². The number of nitrogens with two attached hydrogens (primary N) is 1. The predicted octanol–water partition coefficient (Wildman–Crippen LogP) is 0.713. The first-order valence-electron chi connectivity index (χ1n) is 4.54. The highest BCUT2D eigenvalue weighted by Gasteiger charge is 2.06. The van der Waals surface area contributed by atoms with Gasteiger partial charge in [0.1, 0.15) is 0 Å². The SMILES string of the molecule is CNC(=O)c1ccc(N)c(SCCO)c1. The summed E-state index contributed by atoms with van der Waals surface area (Å²) in [5.41, 5.74) is 6.94. The number of nitrogens with one attached hydrogen (secondary N) is 1. The molecule has 1 aromatic carbocycles. The van der Waals surface area contributed by atoms with Crippen LogP contribution in [0.25, 0.3) is 0 Å². The number of rotatable bonds is 4. The van der Waals surface area contributed by atoms with Gasteiger partial charge in [-0.15, -0.1) is 11.8 Å². The van der Waals surface area contributed by atoms with Crippen molar-refractivity contribution in [1.29, 1.82) is 0 Å². The zero-order valence-electron chi connectivity index (χ0n) is 8.49. The van der Waals surface area contributed by atoms with Crippen LogP contribution in [-0.2, 0) is 0 Å². The minimum Gasteiger partial charge on any atom is -0.398 e. The van der Waals surface area contributed by atoms with Crippen LogP contribution in [0.3, 0.4) is 0 Å². The summed E-state index contributed by atoms with van der Waals surface area (Å²) >= 11 is 1.43. The monoisotopic (exact) mass is 226 g/mol. The number of aliphatic hydroxyl groups is 1. The minimum absolute atomic E-state index is 0.0916. The van der Waals surface area contributed by atoms with Gasteiger partial charge in [-0.2, -0.15) is 0 Å². The van der Waals surface area contributed by atoms with Crippen molar-refractivity contribution >= 4 is 23.4 Å². The largest absolute Gasteiger partial charge is 0.398 e. The number of hydrogen-bond donors (Lipinski definition) is 3. The average Bonchev–Trinajstić information content (AvgIpc) is 2.27. The fourth-order valence-corrected chi connectivity index (χ4v) is 1.86. The third kappa shape index (κ3) is 3.14. The van der Waals surface area contributed by atoms with Crippen LogP contribution in [-0.4, -0.2) is 30.4 Å². The van der Waals surface area contributed by atoms with Crippen LogP contribution in [0, 0.1) is 0 Å². The molecule has 0 atom stereocenters. The summed E-state index contributed by atoms with van der Waals surface area (Å²) in [5, 5.41) is 11.2. The summed E-state index contributed by atoms with van der Waals surface area (Å²) < 4.78 is 0. The van der Waals surface area contributed by atoms with E-state index in [0.717, 1.165) is 4.90 Å². The summed E-state index contributed by atoms with van der Waals surface area (Å²) in [7, 11) is 1.58. The van der Waals surface area contributed by atoms with Gasteiger partial charge in [-0.1, -0.05) is 0 Å². The molecule has 0 unspecified atom stereocenters. The first-order valence-corrected chi connectivity index (χ1v) is 5.53. The fraction of sp³-hybridized carbons (Fsp3) is 0.300. The van der Waals surface area contributed by atoms with Crippen molar-refractivity contribution in [2.75, 3.05) is 25.1 Å². The van der Waals surface area contributed by atoms with E-state index >= 15 is 0 Å². The molecular weight excluding hydrogens is 212 g/mol. The lowest BCUT2D eigenvalue weighted by atomic mass is 10.2. The van der Waals surface area contributed by atoms with Gasteiger partial charge in [0, 0.05) is 28.9 Å². The number of benzene rings is 1. The zero-order chi connectivity index (χ0) is 11.3. The van der Waals surface area contributed by atoms with Gasteiger partial charge in [0.25, 0.3) is 5.91 Å². The Labute approximate surface area is 92.9 Å². The summed E-state index contributed by atoms with van der Waals surface area (Å²) in [6.45, 7) is 0.0916. The number of thioether (sulfide) groups is 1. The summed E-state index contributed by atoms with van der Waals surface area (Å²) in [5.74, 6) is 0.433. The Balaban J connectivity index is 2.89. The molecule has 0 aliphatic heterocycles. The molecule has 4 N–H and O–H groups in total. The highest BCUT2D eigenvalue weighted by atomic mass is 32.2. The Kier molecular flexibility index (Phi) is 4.45. The molecule has 0 fully saturated rings. The molecule has 0 aliphatic carbocycles. The van der Waals surface area contributed by atoms with E-state index in [4.69, 9.17) is 10.8 Å². The fourth-order valence-electron chi connectivity index (χ4n) is 1.10. The molecule has 5 heteroatoms. The number of aliphatic hydroxyl groups excluding tert-OH is 1. The van der Waals surface area contributed by atoms with Crippen LogP contribution >= 0.6 is 11.8 Å². The molecule has 0 radical (unpaired) electrons. The van der Waals surface area contributed by atoms with E-state index < -0.39 is 0 Å². The molecule has 0 spiro atoms. The smallest absolute Gasteiger partial charge is 0.251 e. The van der Waals surface area contributed by atoms with Crippen molar-refractivity contribution in [2.24, 2.45) is 0 Å². The molecule has 1 rings (SSSR count). The normalized spacial score (nSPS) is 10.0. The van der Waals surface area contributed by atoms with Crippen LogP contribution in [0.5, 0.6) is 0 Å². The zero-order valence-corrected chi connectivity index (χ0v) is 9.30. The molecule has 0 aliphatic rings. The lowest BCUT2D eigenvalue weighted by Gasteiger charge is -2.06. The van der Waals surface area contributed by atoms with Crippen LogP contribution in [0.4, 0.5) is 5.69 Å². The summed E-state index contributed by atoms with van der Waals surface area (Å²) in [4.78, 5) is 12.2. The third-order valence-corrected chi connectivity index (χ3v) is 2.90. The van der Waals surface area contributed by atoms with Gasteiger partial charge >= 0.3 is 0 Å². The maximum absolute atomic E-state index is 11.3. The molecule has 0 bridgehead atoms. The molecule has 15 heavy (non-hydrogen) atoms. The van der Waals surface area contributed by atoms with Crippen LogP contribution in [0.1, 0.15) is 10.4 Å². The molecule has 82 valence electrons. The molecule has 1 aromatic rings. The van der Waals surface area contributed by atoms with Crippen molar-refractivity contribution in [3.05, 3.63) is 23.8 Å². The number of anilines is 1. The van der Waals surface area contributed by atoms with Crippen molar-refractivity contribution in [3.63, 3.8) is 0 Å². The van der Waals surface area contributed by atoms with Crippen molar-refractivity contribution in [1.82, 2.24) is 5.32 Å². The van der Waals surface area contributed by atoms with E-state index in [0.29, 0.717) is 17.0 Å². The lowest BCUT2D eigenvalue weighted by Crippen LogP contribution is -2.17. The van der Waals surface area contributed by atoms with E-state index in [1.165, 1.54) is 11.8 Å². The second-order valence-electron chi connectivity index (χ2n) is 2.90. The number of carbonyl (C=O) groups is 1. The molecule has 0 saturated heterocycles. The summed E-state index contributed by atoms with van der Waals surface area (Å²) in [6, 6.07) is 5.11. The first-order chi connectivity index (χ1) is 7.19. The topological polar surface area (TPSA) is 75.4 Å². The lowest BCUT2D eigenvalue weighted by molar-refractivity contribution is 0.0963. The van der Waals surface area contributed by atoms with E-state index in [1.54, 1.807) is 25.2 Å². The maximum Gasteiger partial charge on any atom is 0.251 e. The van der Waals surface area contributed by atoms with Gasteiger partial charge in [0.05, 0.1) is 6.61 Å². The Bertz CT molecular complexity index is 355. The van der Waals surface area contributed by atoms with Gasteiger partial charge in [0.2, 0.25) is 0 Å². The molecule has 4 nitrogen and oxygen atoms in total. The Morgan fingerprint density at radius 1 is 1.60 bits per heavy atom. The highest BCUT2D eigenvalue weighted by molar-refractivity contribution is 7.99. The Morgan fingerprint density at radius 2 is 2.33 bits per heavy atom. The maximum atomic E-state index is 11.3. The number of amides is 1. The van der Waals surface area contributed by atoms with E-state index in [2.05, 4.69) is 5.32 Å². The van der Waals surface area contributed by atoms with Gasteiger partial charge in [-0.05, 0) is 18.2 Å². The van der Waals surface area contributed by atoms with Gasteiger partial charge < -0.3 is 16.2 Å². The number of hydrogen-bond acceptors (Lipinski definition) is 4. The van der Waals surface area contributed by atoms with E-state index in [1.807, 2.05) is 0 Å². The van der Waals surface area contributed by atoms with Crippen LogP contribution in [0.2, 0.25) is 0 Å². The molecule has 0 aromatic heterocycles. The Hall–Kier alpha value is -1.20. The van der Waals surface area contributed by atoms with Crippen molar-refractivity contribution in [3.8, 4) is 0 Å². The standard InChI is InChI=1S/C10H14N2O2S/c1-12-10(14)7-2-3-8(11)9(6-7)15-5-4-13/h2-3,6,13H,4-5,11H2,1H3,(H,12,14). The quantitative estimate of drug-likeness (QED) is 0.522. The molecule has 0 heterocycles. The number of nitrogen functional groups attached to an aromatic ring is 1. The first kappa shape index (κ1) is 11.9. The average molecular weight is 226 g/mol. The highest BCUT2D eigenvalue weighted by Crippen LogP contribution is 2.25. The number of carbonyl (C=O) groups excluding carboxylic acids is 1. The van der Waals surface area contributed by atoms with Crippen molar-refractivity contribution in [2.45, 2.75) is 4.90 Å². The van der Waals surface area contributed by atoms with E-state index in [-0.39, 0.29) is 12.5 Å². The Morgan fingerprint density at radius 3 is 2.93 bits per heavy atom. The van der Waals surface area contributed by atoms with Crippen LogP contribution < -0.4 is 11.1 Å². The van der Waals surface area contributed by atoms with Gasteiger partial charge in [-0.25, -0.2) is 0 Å². The third-order valence-electron chi connectivity index (χ3n) is 1.85. The van der Waals surface area contributed by atoms with E-state index in [9.17, 15) is 4.79 Å². The second kappa shape index (κ2) is 5.63. The second-order valence-corrected chi connectivity index (χ2v) is 4.04. The summed E-state index contributed by atoms with van der Waals surface area (Å²) in [6.07, 6.45) is 0. The van der Waals surface area contributed by atoms with Gasteiger partial charge in [0.15, 0.2) is 0 Å². The van der Waals surface area contributed by atoms with Crippen molar-refractivity contribution < 1.29 is 9.90 Å². The molecular formula is C10H14N2O2S. The molecule has 0 saturated carbocycles.